The van der Waals surface area contributed by atoms with Gasteiger partial charge in [-0.15, -0.1) is 0 Å². The van der Waals surface area contributed by atoms with Gasteiger partial charge in [0.1, 0.15) is 11.5 Å². The third-order valence-electron chi connectivity index (χ3n) is 4.85. The first kappa shape index (κ1) is 18.2. The molecule has 2 N–H and O–H groups in total. The maximum Gasteiger partial charge on any atom is 0.261 e. The minimum atomic E-state index is 0.00419. The summed E-state index contributed by atoms with van der Waals surface area (Å²) in [6.45, 7) is 3.30. The number of nitrogens with two attached hydrogens (primary N) is 1. The standard InChI is InChI=1S/C21H23N5O2/c1-3-9-25-20-12-16(8-10-28-2)24-26(20)18-11-14(4-6-17(18)21(25)27)15-5-7-19(22)23-13-15/h4-7,11-13H,3,8-10H2,1-2H3,(H2,22,23). The van der Waals surface area contributed by atoms with Crippen LogP contribution in [0.25, 0.3) is 27.7 Å². The molecule has 0 bridgehead atoms. The molecular weight excluding hydrogens is 354 g/mol. The molecule has 0 aliphatic heterocycles. The molecule has 0 atom stereocenters. The molecular formula is C21H23N5O2. The summed E-state index contributed by atoms with van der Waals surface area (Å²) in [5.74, 6) is 0.476. The van der Waals surface area contributed by atoms with Gasteiger partial charge in [0.15, 0.2) is 0 Å². The van der Waals surface area contributed by atoms with Crippen LogP contribution in [0.15, 0.2) is 47.4 Å². The fourth-order valence-corrected chi connectivity index (χ4v) is 3.45. The zero-order valence-corrected chi connectivity index (χ0v) is 16.1. The lowest BCUT2D eigenvalue weighted by Crippen LogP contribution is -2.22. The third-order valence-corrected chi connectivity index (χ3v) is 4.85. The number of methoxy groups -OCH3 is 1. The van der Waals surface area contributed by atoms with Crippen molar-refractivity contribution in [3.8, 4) is 11.1 Å². The summed E-state index contributed by atoms with van der Waals surface area (Å²) in [6, 6.07) is 11.5. The number of benzene rings is 1. The minimum absolute atomic E-state index is 0.00419. The molecule has 0 saturated heterocycles. The van der Waals surface area contributed by atoms with Crippen molar-refractivity contribution in [2.45, 2.75) is 26.3 Å². The van der Waals surface area contributed by atoms with Crippen LogP contribution in [0.2, 0.25) is 0 Å². The van der Waals surface area contributed by atoms with Crippen LogP contribution in [-0.2, 0) is 17.7 Å². The molecule has 28 heavy (non-hydrogen) atoms. The molecule has 0 spiro atoms. The fourth-order valence-electron chi connectivity index (χ4n) is 3.45. The zero-order valence-electron chi connectivity index (χ0n) is 16.1. The highest BCUT2D eigenvalue weighted by Crippen LogP contribution is 2.24. The SMILES string of the molecule is CCCn1c(=O)c2ccc(-c3ccc(N)nc3)cc2n2nc(CCOC)cc12. The smallest absolute Gasteiger partial charge is 0.261 e. The third kappa shape index (κ3) is 3.14. The summed E-state index contributed by atoms with van der Waals surface area (Å²) < 4.78 is 8.85. The van der Waals surface area contributed by atoms with E-state index in [0.717, 1.165) is 34.4 Å². The topological polar surface area (TPSA) is 87.4 Å². The molecule has 3 heterocycles. The highest BCUT2D eigenvalue weighted by atomic mass is 16.5. The minimum Gasteiger partial charge on any atom is -0.384 e. The molecule has 0 aliphatic carbocycles. The van der Waals surface area contributed by atoms with E-state index in [9.17, 15) is 4.79 Å². The van der Waals surface area contributed by atoms with Crippen molar-refractivity contribution in [1.82, 2.24) is 19.2 Å². The molecule has 1 aromatic carbocycles. The second kappa shape index (κ2) is 7.44. The normalized spacial score (nSPS) is 11.5. The van der Waals surface area contributed by atoms with Crippen molar-refractivity contribution < 1.29 is 4.74 Å². The number of pyridine rings is 1. The van der Waals surface area contributed by atoms with Crippen LogP contribution in [-0.4, -0.2) is 32.9 Å². The van der Waals surface area contributed by atoms with Crippen molar-refractivity contribution >= 4 is 22.4 Å². The molecule has 0 amide bonds. The zero-order chi connectivity index (χ0) is 19.7. The van der Waals surface area contributed by atoms with Crippen LogP contribution < -0.4 is 11.3 Å². The summed E-state index contributed by atoms with van der Waals surface area (Å²) in [5.41, 5.74) is 10.1. The maximum absolute atomic E-state index is 13.1. The van der Waals surface area contributed by atoms with Crippen LogP contribution in [0.5, 0.6) is 0 Å². The quantitative estimate of drug-likeness (QED) is 0.558. The Morgan fingerprint density at radius 1 is 1.14 bits per heavy atom. The monoisotopic (exact) mass is 377 g/mol. The van der Waals surface area contributed by atoms with Crippen molar-refractivity contribution in [3.05, 3.63) is 58.6 Å². The Labute approximate surface area is 162 Å². The van der Waals surface area contributed by atoms with E-state index in [1.807, 2.05) is 34.8 Å². The molecule has 3 aromatic heterocycles. The van der Waals surface area contributed by atoms with Crippen LogP contribution in [0.3, 0.4) is 0 Å². The Balaban J connectivity index is 1.97. The van der Waals surface area contributed by atoms with Crippen molar-refractivity contribution in [2.24, 2.45) is 0 Å². The number of aryl methyl sites for hydroxylation is 1. The Morgan fingerprint density at radius 2 is 1.96 bits per heavy atom. The van der Waals surface area contributed by atoms with Gasteiger partial charge in [-0.05, 0) is 36.2 Å². The predicted octanol–water partition coefficient (Wildman–Crippen LogP) is 2.89. The van der Waals surface area contributed by atoms with E-state index in [0.29, 0.717) is 30.8 Å². The van der Waals surface area contributed by atoms with Gasteiger partial charge in [0.05, 0.1) is 23.2 Å². The van der Waals surface area contributed by atoms with Crippen LogP contribution in [0.1, 0.15) is 19.0 Å². The summed E-state index contributed by atoms with van der Waals surface area (Å²) in [4.78, 5) is 17.3. The molecule has 0 aliphatic rings. The molecule has 7 nitrogen and oxygen atoms in total. The van der Waals surface area contributed by atoms with E-state index in [4.69, 9.17) is 15.6 Å². The first-order valence-corrected chi connectivity index (χ1v) is 9.38. The van der Waals surface area contributed by atoms with Crippen LogP contribution >= 0.6 is 0 Å². The van der Waals surface area contributed by atoms with Gasteiger partial charge >= 0.3 is 0 Å². The number of hydrogen-bond acceptors (Lipinski definition) is 5. The molecule has 0 radical (unpaired) electrons. The molecule has 0 unspecified atom stereocenters. The Bertz CT molecular complexity index is 1190. The van der Waals surface area contributed by atoms with E-state index in [1.54, 1.807) is 23.9 Å². The number of aromatic nitrogens is 4. The molecule has 4 rings (SSSR count). The molecule has 0 saturated carbocycles. The second-order valence-electron chi connectivity index (χ2n) is 6.81. The highest BCUT2D eigenvalue weighted by molar-refractivity contribution is 5.85. The fraction of sp³-hybridized carbons (Fsp3) is 0.286. The predicted molar refractivity (Wildman–Crippen MR) is 110 cm³/mol. The first-order valence-electron chi connectivity index (χ1n) is 9.38. The van der Waals surface area contributed by atoms with E-state index < -0.39 is 0 Å². The lowest BCUT2D eigenvalue weighted by Gasteiger charge is -2.11. The summed E-state index contributed by atoms with van der Waals surface area (Å²) in [6.07, 6.45) is 3.30. The van der Waals surface area contributed by atoms with Gasteiger partial charge in [-0.1, -0.05) is 13.0 Å². The van der Waals surface area contributed by atoms with Crippen molar-refractivity contribution in [1.29, 1.82) is 0 Å². The number of nitrogens with zero attached hydrogens (tertiary/aromatic N) is 4. The van der Waals surface area contributed by atoms with Gasteiger partial charge in [0.2, 0.25) is 0 Å². The average Bonchev–Trinajstić information content (AvgIpc) is 3.14. The summed E-state index contributed by atoms with van der Waals surface area (Å²) in [7, 11) is 1.67. The number of rotatable bonds is 6. The molecule has 0 fully saturated rings. The van der Waals surface area contributed by atoms with Gasteiger partial charge in [-0.3, -0.25) is 9.36 Å². The van der Waals surface area contributed by atoms with Crippen LogP contribution in [0, 0.1) is 0 Å². The number of anilines is 1. The van der Waals surface area contributed by atoms with Crippen molar-refractivity contribution in [3.63, 3.8) is 0 Å². The Morgan fingerprint density at radius 3 is 2.68 bits per heavy atom. The van der Waals surface area contributed by atoms with E-state index in [1.165, 1.54) is 0 Å². The van der Waals surface area contributed by atoms with E-state index in [2.05, 4.69) is 11.9 Å². The Hall–Kier alpha value is -3.19. The van der Waals surface area contributed by atoms with Gasteiger partial charge in [-0.2, -0.15) is 5.10 Å². The van der Waals surface area contributed by atoms with Gasteiger partial charge in [0.25, 0.3) is 5.56 Å². The Kier molecular flexibility index (Phi) is 4.83. The largest absolute Gasteiger partial charge is 0.384 e. The van der Waals surface area contributed by atoms with Gasteiger partial charge in [-0.25, -0.2) is 9.50 Å². The number of fused-ring (bicyclic) bond motifs is 3. The highest BCUT2D eigenvalue weighted by Gasteiger charge is 2.14. The lowest BCUT2D eigenvalue weighted by atomic mass is 10.1. The molecule has 4 aromatic rings. The molecule has 7 heteroatoms. The van der Waals surface area contributed by atoms with Gasteiger partial charge < -0.3 is 10.5 Å². The lowest BCUT2D eigenvalue weighted by molar-refractivity contribution is 0.201. The van der Waals surface area contributed by atoms with E-state index in [-0.39, 0.29) is 5.56 Å². The maximum atomic E-state index is 13.1. The molecule has 144 valence electrons. The number of nitrogen functional groups attached to an aromatic ring is 1. The van der Waals surface area contributed by atoms with E-state index >= 15 is 0 Å². The summed E-state index contributed by atoms with van der Waals surface area (Å²) >= 11 is 0. The number of hydrogen-bond donors (Lipinski definition) is 1. The summed E-state index contributed by atoms with van der Waals surface area (Å²) in [5, 5.41) is 5.40. The second-order valence-corrected chi connectivity index (χ2v) is 6.81. The average molecular weight is 377 g/mol. The first-order chi connectivity index (χ1) is 13.6. The van der Waals surface area contributed by atoms with Crippen LogP contribution in [0.4, 0.5) is 5.82 Å². The number of ether oxygens (including phenoxy) is 1. The van der Waals surface area contributed by atoms with Crippen molar-refractivity contribution in [2.75, 3.05) is 19.5 Å². The van der Waals surface area contributed by atoms with Gasteiger partial charge in [0, 0.05) is 37.9 Å².